The molecule has 0 saturated heterocycles. The molecule has 0 radical (unpaired) electrons. The number of nitrogens with zero attached hydrogens (tertiary/aromatic N) is 3. The van der Waals surface area contributed by atoms with Crippen molar-refractivity contribution in [2.45, 2.75) is 26.3 Å². The Morgan fingerprint density at radius 3 is 2.88 bits per heavy atom. The van der Waals surface area contributed by atoms with Gasteiger partial charge in [0, 0.05) is 28.3 Å². The topological polar surface area (TPSA) is 30.7 Å². The van der Waals surface area contributed by atoms with Crippen molar-refractivity contribution in [2.75, 3.05) is 5.88 Å². The van der Waals surface area contributed by atoms with Gasteiger partial charge in [0.05, 0.1) is 12.2 Å². The fourth-order valence-corrected chi connectivity index (χ4v) is 2.63. The SMILES string of the molecule is CCc1ccc(Cn2cc(CCCl)nn2)s1. The molecule has 2 rings (SSSR count). The fourth-order valence-electron chi connectivity index (χ4n) is 1.48. The minimum absolute atomic E-state index is 0.595. The normalized spacial score (nSPS) is 10.9. The Morgan fingerprint density at radius 1 is 1.38 bits per heavy atom. The summed E-state index contributed by atoms with van der Waals surface area (Å²) < 4.78 is 1.87. The van der Waals surface area contributed by atoms with Gasteiger partial charge in [-0.2, -0.15) is 0 Å². The van der Waals surface area contributed by atoms with E-state index in [1.54, 1.807) is 0 Å². The van der Waals surface area contributed by atoms with Crippen LogP contribution in [-0.4, -0.2) is 20.9 Å². The Labute approximate surface area is 104 Å². The van der Waals surface area contributed by atoms with E-state index in [-0.39, 0.29) is 0 Å². The van der Waals surface area contributed by atoms with E-state index < -0.39 is 0 Å². The highest BCUT2D eigenvalue weighted by atomic mass is 35.5. The molecule has 0 spiro atoms. The Bertz CT molecular complexity index is 450. The number of aromatic nitrogens is 3. The molecule has 0 bridgehead atoms. The maximum Gasteiger partial charge on any atom is 0.0839 e. The van der Waals surface area contributed by atoms with Crippen LogP contribution in [0.3, 0.4) is 0 Å². The molecule has 0 atom stereocenters. The summed E-state index contributed by atoms with van der Waals surface area (Å²) >= 11 is 7.49. The molecule has 0 saturated carbocycles. The van der Waals surface area contributed by atoms with E-state index in [1.165, 1.54) is 9.75 Å². The molecule has 0 aromatic carbocycles. The van der Waals surface area contributed by atoms with Crippen molar-refractivity contribution in [2.24, 2.45) is 0 Å². The van der Waals surface area contributed by atoms with Gasteiger partial charge in [-0.3, -0.25) is 0 Å². The average Bonchev–Trinajstić information content (AvgIpc) is 2.89. The minimum Gasteiger partial charge on any atom is -0.247 e. The van der Waals surface area contributed by atoms with Crippen molar-refractivity contribution in [1.29, 1.82) is 0 Å². The second-order valence-corrected chi connectivity index (χ2v) is 5.20. The summed E-state index contributed by atoms with van der Waals surface area (Å²) in [7, 11) is 0. The predicted octanol–water partition coefficient (Wildman–Crippen LogP) is 2.73. The van der Waals surface area contributed by atoms with Crippen LogP contribution in [0.25, 0.3) is 0 Å². The van der Waals surface area contributed by atoms with Gasteiger partial charge in [0.25, 0.3) is 0 Å². The Hall–Kier alpha value is -0.870. The van der Waals surface area contributed by atoms with Crippen molar-refractivity contribution in [1.82, 2.24) is 15.0 Å². The average molecular weight is 256 g/mol. The van der Waals surface area contributed by atoms with Crippen LogP contribution in [0.2, 0.25) is 0 Å². The molecule has 3 nitrogen and oxygen atoms in total. The predicted molar refractivity (Wildman–Crippen MR) is 67.2 cm³/mol. The van der Waals surface area contributed by atoms with Crippen LogP contribution >= 0.6 is 22.9 Å². The number of thiophene rings is 1. The molecule has 86 valence electrons. The number of aryl methyl sites for hydroxylation is 2. The van der Waals surface area contributed by atoms with E-state index in [4.69, 9.17) is 11.6 Å². The number of rotatable bonds is 5. The largest absolute Gasteiger partial charge is 0.247 e. The fraction of sp³-hybridized carbons (Fsp3) is 0.455. The summed E-state index contributed by atoms with van der Waals surface area (Å²) in [5.41, 5.74) is 0.960. The number of halogens is 1. The summed E-state index contributed by atoms with van der Waals surface area (Å²) in [4.78, 5) is 2.73. The molecule has 16 heavy (non-hydrogen) atoms. The van der Waals surface area contributed by atoms with Gasteiger partial charge < -0.3 is 0 Å². The van der Waals surface area contributed by atoms with E-state index in [2.05, 4.69) is 29.4 Å². The first kappa shape index (κ1) is 11.6. The van der Waals surface area contributed by atoms with E-state index in [0.29, 0.717) is 5.88 Å². The Morgan fingerprint density at radius 2 is 2.19 bits per heavy atom. The Balaban J connectivity index is 2.02. The lowest BCUT2D eigenvalue weighted by Crippen LogP contribution is -1.98. The van der Waals surface area contributed by atoms with Gasteiger partial charge in [-0.05, 0) is 18.6 Å². The molecule has 0 amide bonds. The molecule has 2 aromatic heterocycles. The van der Waals surface area contributed by atoms with Crippen molar-refractivity contribution in [3.63, 3.8) is 0 Å². The zero-order valence-electron chi connectivity index (χ0n) is 9.19. The molecular formula is C11H14ClN3S. The number of hydrogen-bond donors (Lipinski definition) is 0. The molecule has 2 heterocycles. The van der Waals surface area contributed by atoms with Gasteiger partial charge in [-0.25, -0.2) is 4.68 Å². The van der Waals surface area contributed by atoms with Gasteiger partial charge in [0.2, 0.25) is 0 Å². The van der Waals surface area contributed by atoms with E-state index in [9.17, 15) is 0 Å². The Kier molecular flexibility index (Phi) is 3.96. The molecule has 0 N–H and O–H groups in total. The van der Waals surface area contributed by atoms with Gasteiger partial charge in [0.1, 0.15) is 0 Å². The zero-order valence-corrected chi connectivity index (χ0v) is 10.8. The molecule has 0 aliphatic rings. The molecule has 0 aliphatic heterocycles. The van der Waals surface area contributed by atoms with Crippen molar-refractivity contribution >= 4 is 22.9 Å². The molecular weight excluding hydrogens is 242 g/mol. The summed E-state index contributed by atoms with van der Waals surface area (Å²) in [6, 6.07) is 4.34. The maximum atomic E-state index is 5.65. The van der Waals surface area contributed by atoms with Crippen LogP contribution in [-0.2, 0) is 19.4 Å². The van der Waals surface area contributed by atoms with Gasteiger partial charge >= 0.3 is 0 Å². The van der Waals surface area contributed by atoms with E-state index in [1.807, 2.05) is 22.2 Å². The lowest BCUT2D eigenvalue weighted by molar-refractivity contribution is 0.655. The van der Waals surface area contributed by atoms with Gasteiger partial charge in [-0.15, -0.1) is 28.0 Å². The third-order valence-electron chi connectivity index (χ3n) is 2.32. The highest BCUT2D eigenvalue weighted by Crippen LogP contribution is 2.17. The third kappa shape index (κ3) is 2.83. The second-order valence-electron chi connectivity index (χ2n) is 3.57. The first-order valence-corrected chi connectivity index (χ1v) is 6.69. The van der Waals surface area contributed by atoms with Gasteiger partial charge in [-0.1, -0.05) is 12.1 Å². The van der Waals surface area contributed by atoms with Crippen LogP contribution in [0.5, 0.6) is 0 Å². The van der Waals surface area contributed by atoms with Crippen LogP contribution < -0.4 is 0 Å². The van der Waals surface area contributed by atoms with Crippen LogP contribution in [0.1, 0.15) is 22.4 Å². The zero-order chi connectivity index (χ0) is 11.4. The maximum absolute atomic E-state index is 5.65. The number of alkyl halides is 1. The summed E-state index contributed by atoms with van der Waals surface area (Å²) in [6.07, 6.45) is 3.85. The summed E-state index contributed by atoms with van der Waals surface area (Å²) in [5.74, 6) is 0.595. The highest BCUT2D eigenvalue weighted by Gasteiger charge is 2.03. The van der Waals surface area contributed by atoms with Crippen LogP contribution in [0, 0.1) is 0 Å². The van der Waals surface area contributed by atoms with Crippen molar-refractivity contribution < 1.29 is 0 Å². The van der Waals surface area contributed by atoms with Crippen LogP contribution in [0.15, 0.2) is 18.3 Å². The standard InChI is InChI=1S/C11H14ClN3S/c1-2-10-3-4-11(16-10)8-15-7-9(5-6-12)13-14-15/h3-4,7H,2,5-6,8H2,1H3. The summed E-state index contributed by atoms with van der Waals surface area (Å²) in [6.45, 7) is 2.98. The van der Waals surface area contributed by atoms with Crippen molar-refractivity contribution in [3.05, 3.63) is 33.8 Å². The van der Waals surface area contributed by atoms with E-state index in [0.717, 1.165) is 25.1 Å². The second kappa shape index (κ2) is 5.46. The first-order chi connectivity index (χ1) is 7.81. The molecule has 0 fully saturated rings. The third-order valence-corrected chi connectivity index (χ3v) is 3.72. The first-order valence-electron chi connectivity index (χ1n) is 5.34. The highest BCUT2D eigenvalue weighted by molar-refractivity contribution is 7.11. The monoisotopic (exact) mass is 255 g/mol. The number of hydrogen-bond acceptors (Lipinski definition) is 3. The lowest BCUT2D eigenvalue weighted by atomic mass is 10.3. The smallest absolute Gasteiger partial charge is 0.0839 e. The summed E-state index contributed by atoms with van der Waals surface area (Å²) in [5, 5.41) is 8.14. The van der Waals surface area contributed by atoms with E-state index >= 15 is 0 Å². The van der Waals surface area contributed by atoms with Crippen LogP contribution in [0.4, 0.5) is 0 Å². The van der Waals surface area contributed by atoms with Crippen molar-refractivity contribution in [3.8, 4) is 0 Å². The van der Waals surface area contributed by atoms with Gasteiger partial charge in [0.15, 0.2) is 0 Å². The lowest BCUT2D eigenvalue weighted by Gasteiger charge is -1.95. The molecule has 0 unspecified atom stereocenters. The quantitative estimate of drug-likeness (QED) is 0.770. The molecule has 5 heteroatoms. The minimum atomic E-state index is 0.595. The molecule has 2 aromatic rings. The molecule has 0 aliphatic carbocycles.